The van der Waals surface area contributed by atoms with Gasteiger partial charge in [-0.25, -0.2) is 0 Å². The number of carbonyl (C=O) groups excluding carboxylic acids is 1. The number of hydrogen-bond donors (Lipinski definition) is 1. The molecule has 1 heterocycles. The van der Waals surface area contributed by atoms with Gasteiger partial charge in [-0.05, 0) is 18.8 Å². The van der Waals surface area contributed by atoms with E-state index in [9.17, 15) is 4.79 Å². The van der Waals surface area contributed by atoms with Crippen molar-refractivity contribution in [1.29, 1.82) is 0 Å². The number of aryl methyl sites for hydroxylation is 1. The number of carbonyl (C=O) groups is 1. The quantitative estimate of drug-likeness (QED) is 0.815. The fourth-order valence-corrected chi connectivity index (χ4v) is 1.80. The third-order valence-electron chi connectivity index (χ3n) is 2.69. The molecule has 0 saturated heterocycles. The van der Waals surface area contributed by atoms with Crippen LogP contribution in [0.4, 0.5) is 0 Å². The summed E-state index contributed by atoms with van der Waals surface area (Å²) in [6, 6.07) is 0.401. The molecule has 1 aromatic rings. The van der Waals surface area contributed by atoms with E-state index in [1.54, 1.807) is 10.9 Å². The summed E-state index contributed by atoms with van der Waals surface area (Å²) in [7, 11) is 1.88. The number of amides is 1. The van der Waals surface area contributed by atoms with Gasteiger partial charge in [0.25, 0.3) is 5.91 Å². The Hall–Kier alpha value is -1.32. The second-order valence-corrected chi connectivity index (χ2v) is 4.47. The average molecular weight is 207 g/mol. The van der Waals surface area contributed by atoms with Crippen LogP contribution in [0.2, 0.25) is 0 Å². The van der Waals surface area contributed by atoms with Crippen LogP contribution in [-0.2, 0) is 7.05 Å². The molecule has 1 saturated carbocycles. The van der Waals surface area contributed by atoms with Crippen molar-refractivity contribution in [1.82, 2.24) is 15.1 Å². The largest absolute Gasteiger partial charge is 0.349 e. The van der Waals surface area contributed by atoms with E-state index in [2.05, 4.69) is 24.3 Å². The molecule has 1 amide bonds. The van der Waals surface area contributed by atoms with Gasteiger partial charge in [0, 0.05) is 13.1 Å². The first-order valence-electron chi connectivity index (χ1n) is 5.42. The van der Waals surface area contributed by atoms with Gasteiger partial charge in [-0.15, -0.1) is 0 Å². The number of aromatic nitrogens is 2. The molecule has 0 aliphatic heterocycles. The maximum Gasteiger partial charge on any atom is 0.254 e. The van der Waals surface area contributed by atoms with Gasteiger partial charge in [-0.3, -0.25) is 9.48 Å². The molecule has 1 aromatic heterocycles. The SMILES string of the molecule is CC(C)c1c(C(=O)NC2CC2)cnn1C. The van der Waals surface area contributed by atoms with Gasteiger partial charge in [0.05, 0.1) is 17.5 Å². The second kappa shape index (κ2) is 3.68. The summed E-state index contributed by atoms with van der Waals surface area (Å²) in [4.78, 5) is 11.9. The average Bonchev–Trinajstić information content (AvgIpc) is 2.86. The molecule has 0 bridgehead atoms. The van der Waals surface area contributed by atoms with Gasteiger partial charge in [-0.1, -0.05) is 13.8 Å². The van der Waals surface area contributed by atoms with Crippen LogP contribution in [0.1, 0.15) is 48.7 Å². The van der Waals surface area contributed by atoms with E-state index in [4.69, 9.17) is 0 Å². The van der Waals surface area contributed by atoms with Crippen LogP contribution in [0.3, 0.4) is 0 Å². The summed E-state index contributed by atoms with van der Waals surface area (Å²) in [6.07, 6.45) is 3.89. The highest BCUT2D eigenvalue weighted by atomic mass is 16.1. The summed E-state index contributed by atoms with van der Waals surface area (Å²) in [5.41, 5.74) is 1.73. The van der Waals surface area contributed by atoms with Crippen molar-refractivity contribution in [2.45, 2.75) is 38.6 Å². The predicted molar refractivity (Wildman–Crippen MR) is 57.8 cm³/mol. The monoisotopic (exact) mass is 207 g/mol. The van der Waals surface area contributed by atoms with Crippen LogP contribution in [0.25, 0.3) is 0 Å². The molecular formula is C11H17N3O. The summed E-state index contributed by atoms with van der Waals surface area (Å²) in [5.74, 6) is 0.340. The second-order valence-electron chi connectivity index (χ2n) is 4.47. The zero-order valence-corrected chi connectivity index (χ0v) is 9.45. The van der Waals surface area contributed by atoms with Crippen molar-refractivity contribution >= 4 is 5.91 Å². The summed E-state index contributed by atoms with van der Waals surface area (Å²) >= 11 is 0. The first-order valence-corrected chi connectivity index (χ1v) is 5.42. The van der Waals surface area contributed by atoms with Gasteiger partial charge in [0.1, 0.15) is 0 Å². The topological polar surface area (TPSA) is 46.9 Å². The van der Waals surface area contributed by atoms with E-state index in [0.29, 0.717) is 12.0 Å². The molecule has 1 N–H and O–H groups in total. The fourth-order valence-electron chi connectivity index (χ4n) is 1.80. The summed E-state index contributed by atoms with van der Waals surface area (Å²) < 4.78 is 1.78. The molecule has 0 atom stereocenters. The zero-order valence-electron chi connectivity index (χ0n) is 9.45. The van der Waals surface area contributed by atoms with Crippen LogP contribution in [0.15, 0.2) is 6.20 Å². The third-order valence-corrected chi connectivity index (χ3v) is 2.69. The maximum atomic E-state index is 11.9. The predicted octanol–water partition coefficient (Wildman–Crippen LogP) is 1.44. The lowest BCUT2D eigenvalue weighted by molar-refractivity contribution is 0.0949. The highest BCUT2D eigenvalue weighted by Gasteiger charge is 2.26. The van der Waals surface area contributed by atoms with Crippen molar-refractivity contribution in [2.75, 3.05) is 0 Å². The van der Waals surface area contributed by atoms with E-state index in [1.165, 1.54) is 0 Å². The first kappa shape index (κ1) is 10.2. The molecular weight excluding hydrogens is 190 g/mol. The van der Waals surface area contributed by atoms with Gasteiger partial charge in [-0.2, -0.15) is 5.10 Å². The minimum Gasteiger partial charge on any atom is -0.349 e. The van der Waals surface area contributed by atoms with Crippen molar-refractivity contribution in [3.05, 3.63) is 17.5 Å². The number of nitrogens with one attached hydrogen (secondary N) is 1. The van der Waals surface area contributed by atoms with Crippen molar-refractivity contribution in [2.24, 2.45) is 7.05 Å². The van der Waals surface area contributed by atoms with Crippen molar-refractivity contribution in [3.8, 4) is 0 Å². The number of hydrogen-bond acceptors (Lipinski definition) is 2. The van der Waals surface area contributed by atoms with E-state index in [1.807, 2.05) is 7.05 Å². The number of rotatable bonds is 3. The zero-order chi connectivity index (χ0) is 11.0. The lowest BCUT2D eigenvalue weighted by atomic mass is 10.1. The van der Waals surface area contributed by atoms with E-state index in [0.717, 1.165) is 24.1 Å². The van der Waals surface area contributed by atoms with Crippen LogP contribution >= 0.6 is 0 Å². The molecule has 0 spiro atoms. The molecule has 1 aliphatic rings. The summed E-state index contributed by atoms with van der Waals surface area (Å²) in [5, 5.41) is 7.13. The van der Waals surface area contributed by atoms with E-state index < -0.39 is 0 Å². The molecule has 4 heteroatoms. The molecule has 82 valence electrons. The van der Waals surface area contributed by atoms with Crippen LogP contribution in [0, 0.1) is 0 Å². The van der Waals surface area contributed by atoms with Crippen molar-refractivity contribution in [3.63, 3.8) is 0 Å². The first-order chi connectivity index (χ1) is 7.09. The Morgan fingerprint density at radius 1 is 1.60 bits per heavy atom. The molecule has 15 heavy (non-hydrogen) atoms. The Bertz CT molecular complexity index is 377. The van der Waals surface area contributed by atoms with E-state index >= 15 is 0 Å². The normalized spacial score (nSPS) is 15.7. The molecule has 2 rings (SSSR count). The van der Waals surface area contributed by atoms with Crippen LogP contribution < -0.4 is 5.32 Å². The third kappa shape index (κ3) is 2.03. The molecule has 4 nitrogen and oxygen atoms in total. The Balaban J connectivity index is 2.22. The Labute approximate surface area is 89.7 Å². The van der Waals surface area contributed by atoms with Crippen LogP contribution in [-0.4, -0.2) is 21.7 Å². The highest BCUT2D eigenvalue weighted by molar-refractivity contribution is 5.95. The minimum atomic E-state index is 0.0225. The van der Waals surface area contributed by atoms with E-state index in [-0.39, 0.29) is 5.91 Å². The van der Waals surface area contributed by atoms with Gasteiger partial charge >= 0.3 is 0 Å². The molecule has 1 fully saturated rings. The maximum absolute atomic E-state index is 11.9. The Kier molecular flexibility index (Phi) is 2.50. The molecule has 0 radical (unpaired) electrons. The van der Waals surface area contributed by atoms with Gasteiger partial charge in [0.2, 0.25) is 0 Å². The van der Waals surface area contributed by atoms with Gasteiger partial charge in [0.15, 0.2) is 0 Å². The Morgan fingerprint density at radius 2 is 2.27 bits per heavy atom. The minimum absolute atomic E-state index is 0.0225. The Morgan fingerprint density at radius 3 is 2.80 bits per heavy atom. The lowest BCUT2D eigenvalue weighted by Crippen LogP contribution is -2.26. The fraction of sp³-hybridized carbons (Fsp3) is 0.636. The van der Waals surface area contributed by atoms with Gasteiger partial charge < -0.3 is 5.32 Å². The standard InChI is InChI=1S/C11H17N3O/c1-7(2)10-9(6-12-14(10)3)11(15)13-8-4-5-8/h6-8H,4-5H2,1-3H3,(H,13,15). The van der Waals surface area contributed by atoms with Crippen LogP contribution in [0.5, 0.6) is 0 Å². The lowest BCUT2D eigenvalue weighted by Gasteiger charge is -2.09. The molecule has 0 unspecified atom stereocenters. The smallest absolute Gasteiger partial charge is 0.254 e. The molecule has 1 aliphatic carbocycles. The number of nitrogens with zero attached hydrogens (tertiary/aromatic N) is 2. The summed E-state index contributed by atoms with van der Waals surface area (Å²) in [6.45, 7) is 4.15. The highest BCUT2D eigenvalue weighted by Crippen LogP contribution is 2.22. The van der Waals surface area contributed by atoms with Crippen molar-refractivity contribution < 1.29 is 4.79 Å². The molecule has 0 aromatic carbocycles.